The molecule has 0 aliphatic rings. The zero-order chi connectivity index (χ0) is 24.3. The first-order valence-corrected chi connectivity index (χ1v) is 11.0. The molecule has 0 saturated heterocycles. The van der Waals surface area contributed by atoms with Gasteiger partial charge in [0.05, 0.1) is 16.3 Å². The van der Waals surface area contributed by atoms with E-state index in [2.05, 4.69) is 10.1 Å². The van der Waals surface area contributed by atoms with Crippen LogP contribution in [0.2, 0.25) is 10.0 Å². The monoisotopic (exact) mass is 517 g/mol. The smallest absolute Gasteiger partial charge is 0.359 e. The van der Waals surface area contributed by atoms with E-state index in [0.29, 0.717) is 18.0 Å². The Kier molecular flexibility index (Phi) is 7.61. The van der Waals surface area contributed by atoms with Gasteiger partial charge < -0.3 is 9.93 Å². The molecule has 1 atom stereocenters. The molecule has 172 valence electrons. The van der Waals surface area contributed by atoms with Crippen LogP contribution in [0.5, 0.6) is 0 Å². The molecule has 3 aromatic rings. The summed E-state index contributed by atoms with van der Waals surface area (Å²) in [6, 6.07) is 9.06. The predicted molar refractivity (Wildman–Crippen MR) is 121 cm³/mol. The van der Waals surface area contributed by atoms with Gasteiger partial charge in [0, 0.05) is 11.2 Å². The number of thioether (sulfide) groups is 1. The van der Waals surface area contributed by atoms with E-state index in [1.807, 2.05) is 0 Å². The summed E-state index contributed by atoms with van der Waals surface area (Å²) in [5, 5.41) is 10.6. The summed E-state index contributed by atoms with van der Waals surface area (Å²) in [4.78, 5) is 16.3. The molecule has 0 bridgehead atoms. The molecule has 0 spiro atoms. The highest BCUT2D eigenvalue weighted by Crippen LogP contribution is 2.39. The quantitative estimate of drug-likeness (QED) is 0.273. The van der Waals surface area contributed by atoms with Crippen molar-refractivity contribution >= 4 is 57.7 Å². The van der Waals surface area contributed by atoms with Crippen molar-refractivity contribution in [1.29, 1.82) is 5.41 Å². The lowest BCUT2D eigenvalue weighted by molar-refractivity contribution is -0.0607. The minimum Gasteiger partial charge on any atom is -0.359 e. The maximum absolute atomic E-state index is 14.5. The van der Waals surface area contributed by atoms with Crippen LogP contribution in [-0.4, -0.2) is 34.6 Å². The Hall–Kier alpha value is -2.69. The van der Waals surface area contributed by atoms with Crippen molar-refractivity contribution in [3.05, 3.63) is 69.7 Å². The molecule has 0 aliphatic heterocycles. The minimum absolute atomic E-state index is 0.125. The first-order valence-electron chi connectivity index (χ1n) is 9.02. The van der Waals surface area contributed by atoms with Gasteiger partial charge in [-0.05, 0) is 36.6 Å². The van der Waals surface area contributed by atoms with E-state index in [1.54, 1.807) is 0 Å². The van der Waals surface area contributed by atoms with Crippen molar-refractivity contribution in [3.63, 3.8) is 0 Å². The third-order valence-corrected chi connectivity index (χ3v) is 5.52. The minimum atomic E-state index is -5.02. The van der Waals surface area contributed by atoms with Gasteiger partial charge in [0.15, 0.2) is 5.76 Å². The number of benzene rings is 2. The molecule has 5 nitrogen and oxygen atoms in total. The Balaban J connectivity index is 2.27. The van der Waals surface area contributed by atoms with Gasteiger partial charge >= 0.3 is 6.18 Å². The maximum atomic E-state index is 14.5. The molecule has 1 N–H and O–H groups in total. The number of rotatable bonds is 6. The predicted octanol–water partition coefficient (Wildman–Crippen LogP) is 7.36. The Bertz CT molecular complexity index is 1220. The molecule has 0 aliphatic carbocycles. The largest absolute Gasteiger partial charge is 0.430 e. The van der Waals surface area contributed by atoms with Gasteiger partial charge in [-0.15, -0.1) is 0 Å². The normalized spacial score (nSPS) is 13.1. The van der Waals surface area contributed by atoms with Crippen LogP contribution in [0.15, 0.2) is 52.0 Å². The zero-order valence-corrected chi connectivity index (χ0v) is 18.9. The molecule has 12 heteroatoms. The molecule has 1 unspecified atom stereocenters. The van der Waals surface area contributed by atoms with Crippen LogP contribution in [0.4, 0.5) is 23.2 Å². The van der Waals surface area contributed by atoms with Crippen molar-refractivity contribution in [3.8, 4) is 11.3 Å². The molecular weight excluding hydrogens is 505 g/mol. The topological polar surface area (TPSA) is 79.3 Å². The van der Waals surface area contributed by atoms with E-state index in [-0.39, 0.29) is 27.0 Å². The lowest BCUT2D eigenvalue weighted by Crippen LogP contribution is -2.30. The molecule has 0 saturated carbocycles. The van der Waals surface area contributed by atoms with E-state index in [1.165, 1.54) is 42.7 Å². The summed E-state index contributed by atoms with van der Waals surface area (Å²) in [6.45, 7) is 0. The Morgan fingerprint density at radius 3 is 2.52 bits per heavy atom. The van der Waals surface area contributed by atoms with Gasteiger partial charge in [-0.3, -0.25) is 4.79 Å². The number of aromatic nitrogens is 1. The van der Waals surface area contributed by atoms with Crippen LogP contribution in [-0.2, 0) is 0 Å². The summed E-state index contributed by atoms with van der Waals surface area (Å²) >= 11 is 12.6. The number of carbonyl (C=O) groups is 1. The number of alkyl halides is 3. The fourth-order valence-corrected chi connectivity index (χ4v) is 3.82. The summed E-state index contributed by atoms with van der Waals surface area (Å²) < 4.78 is 61.6. The molecule has 2 aromatic carbocycles. The standard InChI is InChI=1S/C21H13Cl2F4N3O2S/c1-33-20(31)16-17(15-13(23)6-3-7-14(15)24)30-32-18(16)12(9-28)19(21(25,26)27)29-11-5-2-4-10(22)8-11/h2-9,12,28H,1H3. The van der Waals surface area contributed by atoms with E-state index in [0.717, 1.165) is 6.07 Å². The second-order valence-corrected chi connectivity index (χ2v) is 8.10. The number of hydrogen-bond donors (Lipinski definition) is 1. The van der Waals surface area contributed by atoms with Gasteiger partial charge in [0.1, 0.15) is 28.7 Å². The third kappa shape index (κ3) is 5.29. The summed E-state index contributed by atoms with van der Waals surface area (Å²) in [5.41, 5.74) is -2.70. The molecule has 1 heterocycles. The highest BCUT2D eigenvalue weighted by Gasteiger charge is 2.44. The SMILES string of the molecule is CSC(=O)c1c(-c2c(F)cccc2Cl)noc1C(C=N)C(=Nc1cccc(Cl)c1)C(F)(F)F. The van der Waals surface area contributed by atoms with Gasteiger partial charge in [0.25, 0.3) is 0 Å². The summed E-state index contributed by atoms with van der Waals surface area (Å²) in [7, 11) is 0. The van der Waals surface area contributed by atoms with Crippen molar-refractivity contribution in [2.75, 3.05) is 6.26 Å². The maximum Gasteiger partial charge on any atom is 0.430 e. The fourth-order valence-electron chi connectivity index (χ4n) is 2.98. The van der Waals surface area contributed by atoms with Crippen molar-refractivity contribution < 1.29 is 26.9 Å². The van der Waals surface area contributed by atoms with Crippen molar-refractivity contribution in [2.24, 2.45) is 4.99 Å². The van der Waals surface area contributed by atoms with Crippen molar-refractivity contribution in [2.45, 2.75) is 12.1 Å². The van der Waals surface area contributed by atoms with Crippen LogP contribution < -0.4 is 0 Å². The van der Waals surface area contributed by atoms with Crippen LogP contribution in [0.1, 0.15) is 22.0 Å². The molecular formula is C21H13Cl2F4N3O2S. The van der Waals surface area contributed by atoms with Gasteiger partial charge in [-0.1, -0.05) is 52.3 Å². The number of aliphatic imine (C=N–C) groups is 1. The van der Waals surface area contributed by atoms with Gasteiger partial charge in [-0.2, -0.15) is 13.2 Å². The van der Waals surface area contributed by atoms with E-state index in [4.69, 9.17) is 33.1 Å². The molecule has 0 fully saturated rings. The Morgan fingerprint density at radius 2 is 1.94 bits per heavy atom. The summed E-state index contributed by atoms with van der Waals surface area (Å²) in [6.07, 6.45) is -3.22. The lowest BCUT2D eigenvalue weighted by atomic mass is 9.95. The number of nitrogens with one attached hydrogen (secondary N) is 1. The zero-order valence-electron chi connectivity index (χ0n) is 16.6. The Labute approximate surface area is 199 Å². The molecule has 0 radical (unpaired) electrons. The Morgan fingerprint density at radius 1 is 1.24 bits per heavy atom. The number of hydrogen-bond acceptors (Lipinski definition) is 6. The average molecular weight is 518 g/mol. The molecule has 0 amide bonds. The van der Waals surface area contributed by atoms with Crippen LogP contribution in [0.3, 0.4) is 0 Å². The van der Waals surface area contributed by atoms with E-state index >= 15 is 0 Å². The summed E-state index contributed by atoms with van der Waals surface area (Å²) in [5.74, 6) is -3.42. The average Bonchev–Trinajstić information content (AvgIpc) is 3.16. The van der Waals surface area contributed by atoms with Gasteiger partial charge in [0.2, 0.25) is 5.12 Å². The third-order valence-electron chi connectivity index (χ3n) is 4.40. The highest BCUT2D eigenvalue weighted by molar-refractivity contribution is 8.13. The van der Waals surface area contributed by atoms with Gasteiger partial charge in [-0.25, -0.2) is 9.38 Å². The lowest BCUT2D eigenvalue weighted by Gasteiger charge is -2.17. The van der Waals surface area contributed by atoms with E-state index in [9.17, 15) is 22.4 Å². The van der Waals surface area contributed by atoms with E-state index < -0.39 is 40.1 Å². The first-order chi connectivity index (χ1) is 15.6. The number of carbonyl (C=O) groups excluding carboxylic acids is 1. The van der Waals surface area contributed by atoms with Crippen LogP contribution in [0, 0.1) is 11.2 Å². The molecule has 3 rings (SSSR count). The highest BCUT2D eigenvalue weighted by atomic mass is 35.5. The fraction of sp³-hybridized carbons (Fsp3) is 0.143. The number of halogens is 6. The first kappa shape index (κ1) is 24.9. The van der Waals surface area contributed by atoms with Crippen molar-refractivity contribution in [1.82, 2.24) is 5.16 Å². The number of nitrogens with zero attached hydrogens (tertiary/aromatic N) is 2. The molecule has 33 heavy (non-hydrogen) atoms. The second kappa shape index (κ2) is 10.1. The second-order valence-electron chi connectivity index (χ2n) is 6.48. The molecule has 1 aromatic heterocycles. The van der Waals surface area contributed by atoms with Crippen LogP contribution in [0.25, 0.3) is 11.3 Å². The van der Waals surface area contributed by atoms with Crippen LogP contribution >= 0.6 is 35.0 Å².